The number of halogens is 2. The van der Waals surface area contributed by atoms with E-state index in [0.717, 1.165) is 17.0 Å². The average molecular weight is 271 g/mol. The first-order chi connectivity index (χ1) is 8.73. The van der Waals surface area contributed by atoms with Crippen LogP contribution in [0.4, 0.5) is 8.78 Å². The van der Waals surface area contributed by atoms with Crippen LogP contribution in [0, 0.1) is 11.6 Å². The highest BCUT2D eigenvalue weighted by Crippen LogP contribution is 2.25. The molecular weight excluding hydrogens is 256 g/mol. The van der Waals surface area contributed by atoms with Crippen molar-refractivity contribution in [3.05, 3.63) is 35.4 Å². The largest absolute Gasteiger partial charge is 0.479 e. The molecule has 0 saturated carbocycles. The number of hydrogen-bond donors (Lipinski definition) is 1. The molecule has 6 heteroatoms. The van der Waals surface area contributed by atoms with Crippen molar-refractivity contribution in [1.82, 2.24) is 4.90 Å². The van der Waals surface area contributed by atoms with Gasteiger partial charge in [0.25, 0.3) is 0 Å². The van der Waals surface area contributed by atoms with Crippen LogP contribution in [0.2, 0.25) is 0 Å². The zero-order valence-corrected chi connectivity index (χ0v) is 10.9. The van der Waals surface area contributed by atoms with E-state index in [9.17, 15) is 23.5 Å². The van der Waals surface area contributed by atoms with Gasteiger partial charge in [-0.15, -0.1) is 0 Å². The predicted molar refractivity (Wildman–Crippen MR) is 64.4 cm³/mol. The minimum absolute atomic E-state index is 0.103. The molecule has 0 aromatic heterocycles. The molecule has 1 aromatic carbocycles. The highest BCUT2D eigenvalue weighted by molar-refractivity contribution is 5.83. The molecule has 0 aliphatic heterocycles. The number of nitrogens with zero attached hydrogens (tertiary/aromatic N) is 1. The molecule has 0 spiro atoms. The Morgan fingerprint density at radius 1 is 1.16 bits per heavy atom. The molecule has 1 amide bonds. The molecule has 1 aromatic rings. The van der Waals surface area contributed by atoms with Gasteiger partial charge in [0.05, 0.1) is 0 Å². The van der Waals surface area contributed by atoms with Gasteiger partial charge in [-0.05, 0) is 31.5 Å². The molecule has 104 valence electrons. The minimum atomic E-state index is -1.41. The molecule has 1 rings (SSSR count). The van der Waals surface area contributed by atoms with Crippen LogP contribution < -0.4 is 0 Å². The molecule has 4 nitrogen and oxygen atoms in total. The van der Waals surface area contributed by atoms with E-state index in [4.69, 9.17) is 0 Å². The molecule has 0 heterocycles. The fraction of sp³-hybridized carbons (Fsp3) is 0.385. The summed E-state index contributed by atoms with van der Waals surface area (Å²) in [5.74, 6) is -3.58. The number of benzene rings is 1. The number of carbonyl (C=O) groups is 2. The number of aliphatic carboxylic acids is 1. The molecule has 0 aliphatic carbocycles. The van der Waals surface area contributed by atoms with Crippen LogP contribution in [-0.4, -0.2) is 27.9 Å². The molecule has 1 unspecified atom stereocenters. The summed E-state index contributed by atoms with van der Waals surface area (Å²) < 4.78 is 26.4. The first-order valence-corrected chi connectivity index (χ1v) is 5.71. The topological polar surface area (TPSA) is 57.6 Å². The summed E-state index contributed by atoms with van der Waals surface area (Å²) in [7, 11) is 0. The monoisotopic (exact) mass is 271 g/mol. The second kappa shape index (κ2) is 5.77. The summed E-state index contributed by atoms with van der Waals surface area (Å²) in [6, 6.07) is 0.656. The molecule has 0 bridgehead atoms. The van der Waals surface area contributed by atoms with Crippen molar-refractivity contribution in [3.63, 3.8) is 0 Å². The Kier molecular flexibility index (Phi) is 4.58. The lowest BCUT2D eigenvalue weighted by Crippen LogP contribution is -2.42. The third-order valence-electron chi connectivity index (χ3n) is 2.63. The molecule has 1 N–H and O–H groups in total. The Balaban J connectivity index is 3.34. The predicted octanol–water partition coefficient (Wildman–Crippen LogP) is 2.35. The van der Waals surface area contributed by atoms with E-state index in [-0.39, 0.29) is 5.56 Å². The fourth-order valence-corrected chi connectivity index (χ4v) is 2.00. The second-order valence-electron chi connectivity index (χ2n) is 4.46. The van der Waals surface area contributed by atoms with Crippen molar-refractivity contribution in [2.24, 2.45) is 0 Å². The number of rotatable bonds is 4. The molecule has 19 heavy (non-hydrogen) atoms. The van der Waals surface area contributed by atoms with Crippen LogP contribution in [0.3, 0.4) is 0 Å². The first kappa shape index (κ1) is 15.1. The van der Waals surface area contributed by atoms with Gasteiger partial charge in [-0.2, -0.15) is 0 Å². The van der Waals surface area contributed by atoms with Gasteiger partial charge in [-0.25, -0.2) is 13.6 Å². The molecule has 0 saturated heterocycles. The Labute approximate surface area is 109 Å². The lowest BCUT2D eigenvalue weighted by molar-refractivity contribution is -0.151. The molecule has 0 radical (unpaired) electrons. The van der Waals surface area contributed by atoms with Crippen LogP contribution in [0.1, 0.15) is 32.4 Å². The van der Waals surface area contributed by atoms with Gasteiger partial charge in [-0.1, -0.05) is 0 Å². The number of carbonyl (C=O) groups excluding carboxylic acids is 1. The molecule has 0 fully saturated rings. The summed E-state index contributed by atoms with van der Waals surface area (Å²) in [4.78, 5) is 23.9. The summed E-state index contributed by atoms with van der Waals surface area (Å²) in [5, 5.41) is 9.24. The minimum Gasteiger partial charge on any atom is -0.479 e. The van der Waals surface area contributed by atoms with Crippen molar-refractivity contribution >= 4 is 11.9 Å². The van der Waals surface area contributed by atoms with E-state index in [1.54, 1.807) is 13.8 Å². The van der Waals surface area contributed by atoms with Gasteiger partial charge in [-0.3, -0.25) is 4.79 Å². The van der Waals surface area contributed by atoms with Crippen LogP contribution in [0.15, 0.2) is 18.2 Å². The van der Waals surface area contributed by atoms with E-state index in [1.807, 2.05) is 0 Å². The van der Waals surface area contributed by atoms with Crippen molar-refractivity contribution in [2.75, 3.05) is 0 Å². The highest BCUT2D eigenvalue weighted by Gasteiger charge is 2.31. The van der Waals surface area contributed by atoms with Crippen LogP contribution >= 0.6 is 0 Å². The molecule has 1 atom stereocenters. The van der Waals surface area contributed by atoms with Crippen molar-refractivity contribution in [3.8, 4) is 0 Å². The molecular formula is C13H15F2NO3. The number of amides is 1. The number of carboxylic acids is 1. The fourth-order valence-electron chi connectivity index (χ4n) is 2.00. The molecule has 0 aliphatic rings. The maximum absolute atomic E-state index is 13.2. The summed E-state index contributed by atoms with van der Waals surface area (Å²) in [5.41, 5.74) is -0.103. The first-order valence-electron chi connectivity index (χ1n) is 5.71. The Hall–Kier alpha value is -1.98. The van der Waals surface area contributed by atoms with Gasteiger partial charge in [0, 0.05) is 19.0 Å². The quantitative estimate of drug-likeness (QED) is 0.914. The Morgan fingerprint density at radius 2 is 1.63 bits per heavy atom. The zero-order valence-electron chi connectivity index (χ0n) is 10.9. The maximum atomic E-state index is 13.2. The van der Waals surface area contributed by atoms with Crippen molar-refractivity contribution in [1.29, 1.82) is 0 Å². The Morgan fingerprint density at radius 3 is 1.95 bits per heavy atom. The standard InChI is InChI=1S/C13H15F2NO3/c1-7(2)16(8(3)17)12(13(18)19)9-4-10(14)6-11(15)5-9/h4-7,12H,1-3H3,(H,18,19). The second-order valence-corrected chi connectivity index (χ2v) is 4.46. The third kappa shape index (κ3) is 3.49. The van der Waals surface area contributed by atoms with Gasteiger partial charge in [0.2, 0.25) is 5.91 Å². The van der Waals surface area contributed by atoms with Crippen LogP contribution in [-0.2, 0) is 9.59 Å². The van der Waals surface area contributed by atoms with Crippen LogP contribution in [0.5, 0.6) is 0 Å². The van der Waals surface area contributed by atoms with Crippen molar-refractivity contribution < 1.29 is 23.5 Å². The summed E-state index contributed by atoms with van der Waals surface area (Å²) >= 11 is 0. The average Bonchev–Trinajstić information content (AvgIpc) is 2.22. The lowest BCUT2D eigenvalue weighted by atomic mass is 10.0. The van der Waals surface area contributed by atoms with Gasteiger partial charge in [0.15, 0.2) is 6.04 Å². The smallest absolute Gasteiger partial charge is 0.331 e. The Bertz CT molecular complexity index is 482. The summed E-state index contributed by atoms with van der Waals surface area (Å²) in [6.07, 6.45) is 0. The number of carboxylic acid groups (broad SMARTS) is 1. The van der Waals surface area contributed by atoms with Crippen LogP contribution in [0.25, 0.3) is 0 Å². The SMILES string of the molecule is CC(=O)N(C(C)C)C(C(=O)O)c1cc(F)cc(F)c1. The zero-order chi connectivity index (χ0) is 14.7. The van der Waals surface area contributed by atoms with E-state index in [2.05, 4.69) is 0 Å². The van der Waals surface area contributed by atoms with E-state index in [1.165, 1.54) is 6.92 Å². The summed E-state index contributed by atoms with van der Waals surface area (Å²) in [6.45, 7) is 4.48. The van der Waals surface area contributed by atoms with E-state index in [0.29, 0.717) is 6.07 Å². The third-order valence-corrected chi connectivity index (χ3v) is 2.63. The normalized spacial score (nSPS) is 12.3. The highest BCUT2D eigenvalue weighted by atomic mass is 19.1. The van der Waals surface area contributed by atoms with Gasteiger partial charge in [0.1, 0.15) is 11.6 Å². The van der Waals surface area contributed by atoms with Crippen molar-refractivity contribution in [2.45, 2.75) is 32.9 Å². The maximum Gasteiger partial charge on any atom is 0.331 e. The number of hydrogen-bond acceptors (Lipinski definition) is 2. The van der Waals surface area contributed by atoms with E-state index >= 15 is 0 Å². The van der Waals surface area contributed by atoms with Gasteiger partial charge >= 0.3 is 5.97 Å². The van der Waals surface area contributed by atoms with Gasteiger partial charge < -0.3 is 10.0 Å². The lowest BCUT2D eigenvalue weighted by Gasteiger charge is -2.31. The van der Waals surface area contributed by atoms with E-state index < -0.39 is 35.6 Å².